The van der Waals surface area contributed by atoms with E-state index in [1.807, 2.05) is 18.2 Å². The Morgan fingerprint density at radius 1 is 0.488 bits per heavy atom. The normalized spacial score (nSPS) is 12.4. The van der Waals surface area contributed by atoms with Gasteiger partial charge in [-0.2, -0.15) is 5.26 Å². The summed E-state index contributed by atoms with van der Waals surface area (Å²) in [7, 11) is 0. The maximum Gasteiger partial charge on any atom is 0.223 e. The Hall–Kier alpha value is -5.93. The zero-order valence-corrected chi connectivity index (χ0v) is 21.6. The number of imidazole rings is 4. The third kappa shape index (κ3) is 2.60. The van der Waals surface area contributed by atoms with E-state index in [2.05, 4.69) is 110 Å². The second kappa shape index (κ2) is 7.17. The van der Waals surface area contributed by atoms with Crippen molar-refractivity contribution in [2.45, 2.75) is 0 Å². The van der Waals surface area contributed by atoms with Gasteiger partial charge in [0, 0.05) is 0 Å². The molecule has 0 radical (unpaired) electrons. The summed E-state index contributed by atoms with van der Waals surface area (Å²) in [5.41, 5.74) is 9.91. The highest BCUT2D eigenvalue weighted by atomic mass is 15.3. The highest BCUT2D eigenvalue weighted by Crippen LogP contribution is 2.38. The van der Waals surface area contributed by atoms with Crippen LogP contribution in [0.1, 0.15) is 5.56 Å². The lowest BCUT2D eigenvalue weighted by molar-refractivity contribution is 1.15. The molecule has 0 saturated carbocycles. The number of rotatable bonds is 1. The number of aromatic nitrogens is 5. The first-order valence-electron chi connectivity index (χ1n) is 13.6. The van der Waals surface area contributed by atoms with Gasteiger partial charge in [0.25, 0.3) is 0 Å². The highest BCUT2D eigenvalue weighted by molar-refractivity contribution is 6.08. The van der Waals surface area contributed by atoms with Crippen molar-refractivity contribution in [1.29, 1.82) is 5.26 Å². The predicted molar refractivity (Wildman–Crippen MR) is 164 cm³/mol. The highest BCUT2D eigenvalue weighted by Gasteiger charge is 2.25. The van der Waals surface area contributed by atoms with Crippen molar-refractivity contribution >= 4 is 71.7 Å². The summed E-state index contributed by atoms with van der Waals surface area (Å²) in [6, 6.07) is 40.2. The van der Waals surface area contributed by atoms with Crippen LogP contribution in [0.15, 0.2) is 109 Å². The predicted octanol–water partition coefficient (Wildman–Crippen LogP) is 7.98. The Morgan fingerprint density at radius 2 is 1.02 bits per heavy atom. The van der Waals surface area contributed by atoms with Gasteiger partial charge in [0.05, 0.1) is 44.7 Å². The molecule has 0 fully saturated rings. The van der Waals surface area contributed by atoms with E-state index in [1.165, 1.54) is 21.5 Å². The molecule has 0 aliphatic rings. The molecule has 0 aliphatic heterocycles. The molecule has 0 unspecified atom stereocenters. The van der Waals surface area contributed by atoms with Gasteiger partial charge in [-0.15, -0.1) is 0 Å². The maximum absolute atomic E-state index is 9.60. The lowest BCUT2D eigenvalue weighted by atomic mass is 10.0. The number of fused-ring (bicyclic) bond motifs is 12. The van der Waals surface area contributed by atoms with Crippen LogP contribution in [0, 0.1) is 11.3 Å². The van der Waals surface area contributed by atoms with Gasteiger partial charge in [-0.25, -0.2) is 14.4 Å². The fourth-order valence-corrected chi connectivity index (χ4v) is 6.67. The van der Waals surface area contributed by atoms with E-state index in [4.69, 9.17) is 9.97 Å². The Bertz CT molecular complexity index is 2610. The van der Waals surface area contributed by atoms with Gasteiger partial charge in [0.1, 0.15) is 5.52 Å². The summed E-state index contributed by atoms with van der Waals surface area (Å²) in [5, 5.41) is 14.3. The maximum atomic E-state index is 9.60. The van der Waals surface area contributed by atoms with Crippen LogP contribution in [0.5, 0.6) is 0 Å². The zero-order valence-electron chi connectivity index (χ0n) is 21.6. The molecule has 188 valence electrons. The topological polar surface area (TPSA) is 62.8 Å². The Labute approximate surface area is 231 Å². The minimum absolute atomic E-state index is 0.640. The van der Waals surface area contributed by atoms with Gasteiger partial charge in [0.15, 0.2) is 0 Å². The molecule has 6 heteroatoms. The average Bonchev–Trinajstić information content (AvgIpc) is 3.73. The van der Waals surface area contributed by atoms with E-state index in [1.54, 1.807) is 0 Å². The van der Waals surface area contributed by atoms with Crippen LogP contribution >= 0.6 is 0 Å². The smallest absolute Gasteiger partial charge is 0.223 e. The van der Waals surface area contributed by atoms with E-state index in [0.717, 1.165) is 61.3 Å². The lowest BCUT2D eigenvalue weighted by Crippen LogP contribution is -1.89. The van der Waals surface area contributed by atoms with Crippen molar-refractivity contribution < 1.29 is 0 Å². The van der Waals surface area contributed by atoms with Crippen LogP contribution < -0.4 is 0 Å². The summed E-state index contributed by atoms with van der Waals surface area (Å²) in [6.45, 7) is 0. The van der Waals surface area contributed by atoms with Crippen LogP contribution in [0.4, 0.5) is 0 Å². The van der Waals surface area contributed by atoms with Crippen molar-refractivity contribution in [1.82, 2.24) is 23.2 Å². The van der Waals surface area contributed by atoms with E-state index in [-0.39, 0.29) is 0 Å². The van der Waals surface area contributed by atoms with Gasteiger partial charge >= 0.3 is 0 Å². The second-order valence-corrected chi connectivity index (χ2v) is 10.8. The van der Waals surface area contributed by atoms with Crippen molar-refractivity contribution in [3.63, 3.8) is 0 Å². The van der Waals surface area contributed by atoms with Gasteiger partial charge < -0.3 is 0 Å². The van der Waals surface area contributed by atoms with E-state index in [9.17, 15) is 5.26 Å². The minimum Gasteiger partial charge on any atom is -0.276 e. The van der Waals surface area contributed by atoms with Crippen LogP contribution in [-0.2, 0) is 0 Å². The molecule has 0 saturated heterocycles. The zero-order chi connectivity index (χ0) is 26.8. The average molecular weight is 523 g/mol. The first kappa shape index (κ1) is 21.0. The SMILES string of the molecule is N#Cc1cccc(-c2cc3c4c(c2)n2c5cc6ccccc6cc5nc2n4c2nc4cc5ccccc5cc4n32)c1. The molecule has 0 spiro atoms. The van der Waals surface area contributed by atoms with Crippen LogP contribution in [0.25, 0.3) is 82.8 Å². The summed E-state index contributed by atoms with van der Waals surface area (Å²) in [4.78, 5) is 10.4. The molecule has 10 aromatic rings. The molecule has 41 heavy (non-hydrogen) atoms. The van der Waals surface area contributed by atoms with E-state index < -0.39 is 0 Å². The summed E-state index contributed by atoms with van der Waals surface area (Å²) >= 11 is 0. The Balaban J connectivity index is 1.45. The largest absolute Gasteiger partial charge is 0.276 e. The van der Waals surface area contributed by atoms with Gasteiger partial charge in [0.2, 0.25) is 11.6 Å². The molecule has 0 amide bonds. The molecule has 6 aromatic carbocycles. The summed E-state index contributed by atoms with van der Waals surface area (Å²) in [6.07, 6.45) is 0. The Kier molecular flexibility index (Phi) is 3.67. The number of nitrogens with zero attached hydrogens (tertiary/aromatic N) is 6. The van der Waals surface area contributed by atoms with Crippen LogP contribution in [0.3, 0.4) is 0 Å². The monoisotopic (exact) mass is 522 g/mol. The van der Waals surface area contributed by atoms with E-state index in [0.29, 0.717) is 5.56 Å². The fourth-order valence-electron chi connectivity index (χ4n) is 6.67. The minimum atomic E-state index is 0.640. The second-order valence-electron chi connectivity index (χ2n) is 10.8. The fraction of sp³-hybridized carbons (Fsp3) is 0. The van der Waals surface area contributed by atoms with Crippen LogP contribution in [0.2, 0.25) is 0 Å². The molecule has 0 atom stereocenters. The van der Waals surface area contributed by atoms with Crippen LogP contribution in [-0.4, -0.2) is 23.2 Å². The first-order valence-corrected chi connectivity index (χ1v) is 13.6. The quantitative estimate of drug-likeness (QED) is 0.220. The van der Waals surface area contributed by atoms with Crippen molar-refractivity contribution in [2.75, 3.05) is 0 Å². The molecule has 4 heterocycles. The molecular weight excluding hydrogens is 504 g/mol. The molecule has 4 aromatic heterocycles. The molecular formula is C35H18N6. The lowest BCUT2D eigenvalue weighted by Gasteiger charge is -2.06. The molecule has 6 nitrogen and oxygen atoms in total. The number of nitriles is 1. The third-order valence-electron chi connectivity index (χ3n) is 8.51. The third-order valence-corrected chi connectivity index (χ3v) is 8.51. The summed E-state index contributed by atoms with van der Waals surface area (Å²) in [5.74, 6) is 1.68. The standard InChI is InChI=1S/C35H18N6/c36-19-20-6-5-11-21(12-20)26-17-31-33-32(18-26)40-30-16-25-10-4-2-8-23(25)14-28(30)38-35(40)41(33)34-37-27-13-22-7-1-3-9-24(22)15-29(27)39(31)34/h1-18H. The molecule has 0 N–H and O–H groups in total. The van der Waals surface area contributed by atoms with Crippen molar-refractivity contribution in [3.8, 4) is 17.2 Å². The van der Waals surface area contributed by atoms with E-state index >= 15 is 0 Å². The molecule has 0 bridgehead atoms. The van der Waals surface area contributed by atoms with Gasteiger partial charge in [-0.3, -0.25) is 8.80 Å². The molecule has 0 aliphatic carbocycles. The van der Waals surface area contributed by atoms with Crippen molar-refractivity contribution in [2.24, 2.45) is 0 Å². The number of hydrogen-bond acceptors (Lipinski definition) is 3. The Morgan fingerprint density at radius 3 is 1.56 bits per heavy atom. The van der Waals surface area contributed by atoms with Gasteiger partial charge in [-0.1, -0.05) is 60.7 Å². The van der Waals surface area contributed by atoms with Crippen molar-refractivity contribution in [3.05, 3.63) is 115 Å². The number of hydrogen-bond donors (Lipinski definition) is 0. The molecule has 10 rings (SSSR count). The van der Waals surface area contributed by atoms with Gasteiger partial charge in [-0.05, 0) is 81.2 Å². The number of benzene rings is 6. The first-order chi connectivity index (χ1) is 20.2. The summed E-state index contributed by atoms with van der Waals surface area (Å²) < 4.78 is 6.73.